The van der Waals surface area contributed by atoms with Crippen LogP contribution in [0.2, 0.25) is 0 Å². The maximum atomic E-state index is 12.0. The Labute approximate surface area is 93.9 Å². The van der Waals surface area contributed by atoms with Crippen LogP contribution in [-0.2, 0) is 11.0 Å². The van der Waals surface area contributed by atoms with Crippen molar-refractivity contribution in [2.24, 2.45) is 0 Å². The van der Waals surface area contributed by atoms with Gasteiger partial charge in [-0.05, 0) is 30.7 Å². The van der Waals surface area contributed by atoms with Crippen molar-refractivity contribution in [2.75, 3.05) is 19.3 Å². The second kappa shape index (κ2) is 5.88. The van der Waals surface area contributed by atoms with E-state index in [2.05, 4.69) is 6.92 Å². The van der Waals surface area contributed by atoms with E-state index in [9.17, 15) is 4.21 Å². The molecule has 0 spiro atoms. The van der Waals surface area contributed by atoms with Crippen molar-refractivity contribution in [3.63, 3.8) is 0 Å². The summed E-state index contributed by atoms with van der Waals surface area (Å²) < 4.78 is 13.8. The van der Waals surface area contributed by atoms with Crippen molar-refractivity contribution < 1.29 is 4.21 Å². The van der Waals surface area contributed by atoms with Crippen LogP contribution in [0.5, 0.6) is 0 Å². The Balaban J connectivity index is 2.63. The van der Waals surface area contributed by atoms with E-state index < -0.39 is 11.0 Å². The highest BCUT2D eigenvalue weighted by molar-refractivity contribution is 7.82. The minimum absolute atomic E-state index is 0.701. The summed E-state index contributed by atoms with van der Waals surface area (Å²) in [6.45, 7) is 2.98. The van der Waals surface area contributed by atoms with Crippen molar-refractivity contribution >= 4 is 16.7 Å². The standard InChI is InChI=1S/C11H18N2OS/c1-3-4-9-13(2)15(14)11-7-5-10(12)6-8-11/h5-8H,3-4,9,12H2,1-2H3. The molecule has 0 saturated heterocycles. The highest BCUT2D eigenvalue weighted by Crippen LogP contribution is 2.12. The molecule has 15 heavy (non-hydrogen) atoms. The van der Waals surface area contributed by atoms with Gasteiger partial charge in [-0.3, -0.25) is 0 Å². The van der Waals surface area contributed by atoms with Crippen LogP contribution in [0, 0.1) is 0 Å². The molecular weight excluding hydrogens is 208 g/mol. The summed E-state index contributed by atoms with van der Waals surface area (Å²) in [6.07, 6.45) is 2.18. The monoisotopic (exact) mass is 226 g/mol. The molecule has 2 N–H and O–H groups in total. The highest BCUT2D eigenvalue weighted by Gasteiger charge is 2.09. The summed E-state index contributed by atoms with van der Waals surface area (Å²) in [5, 5.41) is 0. The largest absolute Gasteiger partial charge is 0.399 e. The Kier molecular flexibility index (Phi) is 4.78. The van der Waals surface area contributed by atoms with Crippen LogP contribution in [-0.4, -0.2) is 22.1 Å². The minimum Gasteiger partial charge on any atom is -0.399 e. The summed E-state index contributed by atoms with van der Waals surface area (Å²) in [5.74, 6) is 0. The fraction of sp³-hybridized carbons (Fsp3) is 0.455. The van der Waals surface area contributed by atoms with Crippen LogP contribution in [0.25, 0.3) is 0 Å². The van der Waals surface area contributed by atoms with Gasteiger partial charge < -0.3 is 5.73 Å². The first-order chi connectivity index (χ1) is 7.15. The molecule has 1 unspecified atom stereocenters. The van der Waals surface area contributed by atoms with Crippen LogP contribution < -0.4 is 5.73 Å². The molecule has 0 bridgehead atoms. The number of nitrogens with zero attached hydrogens (tertiary/aromatic N) is 1. The minimum atomic E-state index is -1.06. The number of nitrogen functional groups attached to an aromatic ring is 1. The van der Waals surface area contributed by atoms with Crippen molar-refractivity contribution in [1.82, 2.24) is 4.31 Å². The van der Waals surface area contributed by atoms with Gasteiger partial charge in [0.2, 0.25) is 0 Å². The van der Waals surface area contributed by atoms with Gasteiger partial charge in [0, 0.05) is 19.3 Å². The van der Waals surface area contributed by atoms with Gasteiger partial charge in [-0.2, -0.15) is 0 Å². The van der Waals surface area contributed by atoms with E-state index in [1.807, 2.05) is 23.5 Å². The van der Waals surface area contributed by atoms with E-state index in [1.165, 1.54) is 0 Å². The molecule has 0 radical (unpaired) electrons. The summed E-state index contributed by atoms with van der Waals surface area (Å²) >= 11 is 0. The van der Waals surface area contributed by atoms with Gasteiger partial charge in [0.05, 0.1) is 4.90 Å². The normalized spacial score (nSPS) is 13.0. The lowest BCUT2D eigenvalue weighted by Gasteiger charge is -2.15. The number of nitrogens with two attached hydrogens (primary N) is 1. The molecule has 0 aliphatic heterocycles. The maximum absolute atomic E-state index is 12.0. The maximum Gasteiger partial charge on any atom is 0.127 e. The van der Waals surface area contributed by atoms with Crippen LogP contribution in [0.1, 0.15) is 19.8 Å². The molecule has 0 amide bonds. The number of anilines is 1. The summed E-state index contributed by atoms with van der Waals surface area (Å²) in [6, 6.07) is 7.18. The molecule has 0 aliphatic rings. The molecule has 1 aromatic carbocycles. The first-order valence-electron chi connectivity index (χ1n) is 5.13. The molecule has 0 fully saturated rings. The van der Waals surface area contributed by atoms with Crippen molar-refractivity contribution in [3.05, 3.63) is 24.3 Å². The number of benzene rings is 1. The van der Waals surface area contributed by atoms with Gasteiger partial charge in [-0.25, -0.2) is 8.51 Å². The number of rotatable bonds is 5. The van der Waals surface area contributed by atoms with Gasteiger partial charge in [0.15, 0.2) is 0 Å². The average Bonchev–Trinajstić information content (AvgIpc) is 2.26. The zero-order chi connectivity index (χ0) is 11.3. The third-order valence-corrected chi connectivity index (χ3v) is 3.62. The van der Waals surface area contributed by atoms with Gasteiger partial charge in [-0.1, -0.05) is 13.3 Å². The van der Waals surface area contributed by atoms with E-state index in [1.54, 1.807) is 12.1 Å². The van der Waals surface area contributed by atoms with Crippen molar-refractivity contribution in [2.45, 2.75) is 24.7 Å². The fourth-order valence-corrected chi connectivity index (χ4v) is 2.25. The topological polar surface area (TPSA) is 46.3 Å². The molecule has 3 nitrogen and oxygen atoms in total. The lowest BCUT2D eigenvalue weighted by molar-refractivity contribution is 0.504. The molecule has 1 rings (SSSR count). The Bertz CT molecular complexity index is 324. The van der Waals surface area contributed by atoms with Crippen molar-refractivity contribution in [3.8, 4) is 0 Å². The third kappa shape index (κ3) is 3.64. The SMILES string of the molecule is CCCCN(C)S(=O)c1ccc(N)cc1. The van der Waals surface area contributed by atoms with Gasteiger partial charge in [-0.15, -0.1) is 0 Å². The third-order valence-electron chi connectivity index (χ3n) is 2.19. The number of hydrogen-bond donors (Lipinski definition) is 1. The van der Waals surface area contributed by atoms with Crippen LogP contribution in [0.4, 0.5) is 5.69 Å². The summed E-state index contributed by atoms with van der Waals surface area (Å²) in [4.78, 5) is 0.808. The first-order valence-corrected chi connectivity index (χ1v) is 6.24. The Morgan fingerprint density at radius 2 is 1.93 bits per heavy atom. The number of unbranched alkanes of at least 4 members (excludes halogenated alkanes) is 1. The first kappa shape index (κ1) is 12.2. The molecule has 1 aromatic rings. The number of hydrogen-bond acceptors (Lipinski definition) is 2. The molecule has 4 heteroatoms. The highest BCUT2D eigenvalue weighted by atomic mass is 32.2. The second-order valence-electron chi connectivity index (χ2n) is 3.52. The quantitative estimate of drug-likeness (QED) is 0.781. The van der Waals surface area contributed by atoms with E-state index in [4.69, 9.17) is 5.73 Å². The summed E-state index contributed by atoms with van der Waals surface area (Å²) in [7, 11) is 0.817. The van der Waals surface area contributed by atoms with E-state index in [0.29, 0.717) is 5.69 Å². The van der Waals surface area contributed by atoms with Crippen LogP contribution in [0.15, 0.2) is 29.2 Å². The predicted octanol–water partition coefficient (Wildman–Crippen LogP) is 2.02. The lowest BCUT2D eigenvalue weighted by Crippen LogP contribution is -2.22. The zero-order valence-electron chi connectivity index (χ0n) is 9.27. The van der Waals surface area contributed by atoms with E-state index >= 15 is 0 Å². The zero-order valence-corrected chi connectivity index (χ0v) is 10.1. The average molecular weight is 226 g/mol. The Morgan fingerprint density at radius 1 is 1.33 bits per heavy atom. The van der Waals surface area contributed by atoms with Gasteiger partial charge in [0.1, 0.15) is 11.0 Å². The summed E-state index contributed by atoms with van der Waals surface area (Å²) in [5.41, 5.74) is 6.27. The fourth-order valence-electron chi connectivity index (χ4n) is 1.23. The molecular formula is C11H18N2OS. The Hall–Kier alpha value is -0.870. The predicted molar refractivity (Wildman–Crippen MR) is 64.8 cm³/mol. The van der Waals surface area contributed by atoms with Gasteiger partial charge >= 0.3 is 0 Å². The smallest absolute Gasteiger partial charge is 0.127 e. The van der Waals surface area contributed by atoms with Crippen LogP contribution in [0.3, 0.4) is 0 Å². The lowest BCUT2D eigenvalue weighted by atomic mass is 10.3. The molecule has 84 valence electrons. The molecule has 0 aliphatic carbocycles. The molecule has 1 atom stereocenters. The van der Waals surface area contributed by atoms with Crippen molar-refractivity contribution in [1.29, 1.82) is 0 Å². The van der Waals surface area contributed by atoms with E-state index in [0.717, 1.165) is 24.3 Å². The molecule has 0 aromatic heterocycles. The van der Waals surface area contributed by atoms with Crippen LogP contribution >= 0.6 is 0 Å². The molecule has 0 heterocycles. The Morgan fingerprint density at radius 3 is 2.47 bits per heavy atom. The molecule has 0 saturated carbocycles. The van der Waals surface area contributed by atoms with Gasteiger partial charge in [0.25, 0.3) is 0 Å². The van der Waals surface area contributed by atoms with E-state index in [-0.39, 0.29) is 0 Å². The second-order valence-corrected chi connectivity index (χ2v) is 5.12.